The van der Waals surface area contributed by atoms with Crippen molar-refractivity contribution in [2.24, 2.45) is 0 Å². The van der Waals surface area contributed by atoms with Crippen LogP contribution in [0.15, 0.2) is 55.0 Å². The van der Waals surface area contributed by atoms with Gasteiger partial charge in [0.15, 0.2) is 0 Å². The molecule has 2 unspecified atom stereocenters. The smallest absolute Gasteiger partial charge is 0.241 e. The number of H-pyrrole nitrogens is 1. The summed E-state index contributed by atoms with van der Waals surface area (Å²) in [7, 11) is 0. The fourth-order valence-electron chi connectivity index (χ4n) is 4.90. The Morgan fingerprint density at radius 3 is 2.68 bits per heavy atom. The van der Waals surface area contributed by atoms with Gasteiger partial charge in [0.25, 0.3) is 0 Å². The van der Waals surface area contributed by atoms with Gasteiger partial charge in [0, 0.05) is 24.5 Å². The summed E-state index contributed by atoms with van der Waals surface area (Å²) in [6.45, 7) is 7.45. The van der Waals surface area contributed by atoms with E-state index in [1.807, 2.05) is 41.4 Å². The van der Waals surface area contributed by atoms with Crippen LogP contribution in [0.25, 0.3) is 0 Å². The number of amides is 1. The van der Waals surface area contributed by atoms with Gasteiger partial charge in [-0.2, -0.15) is 5.26 Å². The highest BCUT2D eigenvalue weighted by Gasteiger charge is 2.38. The molecule has 1 aliphatic heterocycles. The number of carbonyl (C=O) groups excluding carboxylic acids is 1. The number of hydrogen-bond donors (Lipinski definition) is 1. The Labute approximate surface area is 202 Å². The lowest BCUT2D eigenvalue weighted by atomic mass is 9.95. The van der Waals surface area contributed by atoms with E-state index in [0.29, 0.717) is 18.7 Å². The molecule has 1 aliphatic rings. The van der Waals surface area contributed by atoms with Crippen LogP contribution in [-0.2, 0) is 11.2 Å². The molecule has 1 fully saturated rings. The molecule has 0 aliphatic carbocycles. The first kappa shape index (κ1) is 23.7. The number of aromatic amines is 1. The molecule has 4 rings (SSSR count). The Balaban J connectivity index is 1.66. The van der Waals surface area contributed by atoms with Gasteiger partial charge >= 0.3 is 0 Å². The van der Waals surface area contributed by atoms with E-state index in [9.17, 15) is 4.79 Å². The van der Waals surface area contributed by atoms with Crippen LogP contribution in [-0.4, -0.2) is 39.9 Å². The number of imidazole rings is 1. The van der Waals surface area contributed by atoms with Crippen molar-refractivity contribution in [3.05, 3.63) is 82.9 Å². The second kappa shape index (κ2) is 10.7. The Hall–Kier alpha value is -3.43. The molecule has 3 aromatic rings. The first-order valence-electron chi connectivity index (χ1n) is 12.1. The Bertz CT molecular complexity index is 1150. The number of unbranched alkanes of at least 4 members (excludes halogenated alkanes) is 1. The number of rotatable bonds is 8. The number of aryl methyl sites for hydroxylation is 1. The van der Waals surface area contributed by atoms with E-state index in [-0.39, 0.29) is 18.0 Å². The van der Waals surface area contributed by atoms with Crippen molar-refractivity contribution in [1.82, 2.24) is 14.9 Å². The van der Waals surface area contributed by atoms with Crippen molar-refractivity contribution >= 4 is 11.6 Å². The minimum Gasteiger partial charge on any atom is -0.347 e. The monoisotopic (exact) mass is 455 g/mol. The lowest BCUT2D eigenvalue weighted by Crippen LogP contribution is -2.57. The minimum absolute atomic E-state index is 0.00185. The first-order valence-corrected chi connectivity index (χ1v) is 12.1. The van der Waals surface area contributed by atoms with E-state index in [4.69, 9.17) is 5.26 Å². The Morgan fingerprint density at radius 1 is 1.21 bits per heavy atom. The maximum Gasteiger partial charge on any atom is 0.241 e. The maximum absolute atomic E-state index is 13.5. The lowest BCUT2D eigenvalue weighted by Gasteiger charge is -2.45. The molecule has 0 radical (unpaired) electrons. The van der Waals surface area contributed by atoms with Crippen LogP contribution in [0.2, 0.25) is 0 Å². The highest BCUT2D eigenvalue weighted by molar-refractivity contribution is 5.96. The van der Waals surface area contributed by atoms with E-state index in [0.717, 1.165) is 42.6 Å². The summed E-state index contributed by atoms with van der Waals surface area (Å²) in [4.78, 5) is 25.5. The number of nitrogens with zero attached hydrogens (tertiary/aromatic N) is 4. The minimum atomic E-state index is 0.00185. The third-order valence-corrected chi connectivity index (χ3v) is 7.03. The van der Waals surface area contributed by atoms with Crippen molar-refractivity contribution in [2.45, 2.75) is 58.5 Å². The van der Waals surface area contributed by atoms with Gasteiger partial charge < -0.3 is 9.88 Å². The highest BCUT2D eigenvalue weighted by atomic mass is 16.2. The predicted molar refractivity (Wildman–Crippen MR) is 134 cm³/mol. The van der Waals surface area contributed by atoms with Crippen molar-refractivity contribution in [3.63, 3.8) is 0 Å². The van der Waals surface area contributed by atoms with Gasteiger partial charge in [-0.05, 0) is 61.6 Å². The third kappa shape index (κ3) is 5.05. The summed E-state index contributed by atoms with van der Waals surface area (Å²) in [5.41, 5.74) is 6.20. The number of hydrogen-bond acceptors (Lipinski definition) is 4. The van der Waals surface area contributed by atoms with E-state index < -0.39 is 0 Å². The lowest BCUT2D eigenvalue weighted by molar-refractivity contribution is -0.123. The average molecular weight is 456 g/mol. The molecule has 0 bridgehead atoms. The molecule has 2 aromatic carbocycles. The molecule has 0 spiro atoms. The number of carbonyl (C=O) groups is 1. The number of piperazine rings is 1. The number of anilines is 1. The van der Waals surface area contributed by atoms with Gasteiger partial charge in [0.1, 0.15) is 0 Å². The van der Waals surface area contributed by atoms with Crippen LogP contribution in [0.5, 0.6) is 0 Å². The highest BCUT2D eigenvalue weighted by Crippen LogP contribution is 2.33. The van der Waals surface area contributed by atoms with Gasteiger partial charge in [-0.3, -0.25) is 9.69 Å². The molecular weight excluding hydrogens is 422 g/mol. The number of nitriles is 1. The van der Waals surface area contributed by atoms with Crippen LogP contribution >= 0.6 is 0 Å². The first-order chi connectivity index (χ1) is 16.5. The quantitative estimate of drug-likeness (QED) is 0.513. The molecular formula is C28H33N5O. The molecule has 176 valence electrons. The zero-order valence-electron chi connectivity index (χ0n) is 20.3. The van der Waals surface area contributed by atoms with E-state index in [1.165, 1.54) is 11.1 Å². The molecule has 34 heavy (non-hydrogen) atoms. The summed E-state index contributed by atoms with van der Waals surface area (Å²) in [6.07, 6.45) is 7.58. The van der Waals surface area contributed by atoms with Crippen molar-refractivity contribution in [1.29, 1.82) is 5.26 Å². The van der Waals surface area contributed by atoms with Crippen LogP contribution in [0, 0.1) is 25.2 Å². The molecule has 0 saturated carbocycles. The summed E-state index contributed by atoms with van der Waals surface area (Å²) in [6, 6.07) is 16.4. The van der Waals surface area contributed by atoms with Gasteiger partial charge in [-0.25, -0.2) is 4.98 Å². The van der Waals surface area contributed by atoms with Crippen LogP contribution < -0.4 is 4.90 Å². The molecule has 2 heterocycles. The summed E-state index contributed by atoms with van der Waals surface area (Å²) in [5.74, 6) is 0.130. The fourth-order valence-corrected chi connectivity index (χ4v) is 4.90. The maximum atomic E-state index is 13.5. The molecule has 6 heteroatoms. The van der Waals surface area contributed by atoms with E-state index in [2.05, 4.69) is 53.8 Å². The largest absolute Gasteiger partial charge is 0.347 e. The van der Waals surface area contributed by atoms with Crippen molar-refractivity contribution in [3.8, 4) is 6.07 Å². The van der Waals surface area contributed by atoms with Crippen LogP contribution in [0.4, 0.5) is 5.69 Å². The number of nitrogens with one attached hydrogen (secondary N) is 1. The molecule has 1 aromatic heterocycles. The molecule has 1 amide bonds. The zero-order chi connectivity index (χ0) is 24.1. The van der Waals surface area contributed by atoms with E-state index in [1.54, 1.807) is 6.33 Å². The van der Waals surface area contributed by atoms with Gasteiger partial charge in [-0.1, -0.05) is 44.0 Å². The zero-order valence-corrected chi connectivity index (χ0v) is 20.3. The summed E-state index contributed by atoms with van der Waals surface area (Å²) < 4.78 is 0. The summed E-state index contributed by atoms with van der Waals surface area (Å²) >= 11 is 0. The SMILES string of the molecule is CCCCC1CN(c2cccc(C)c2C)C(=O)CN1C(Cc1ccc(C#N)cc1)c1cnc[nH]1. The van der Waals surface area contributed by atoms with Crippen LogP contribution in [0.1, 0.15) is 60.2 Å². The standard InChI is InChI=1S/C28H33N5O/c1-4-5-8-24-17-33(26-9-6-7-20(2)21(26)3)28(34)18-32(24)27(25-16-30-19-31-25)14-22-10-12-23(15-29)13-11-22/h6-7,9-13,16,19,24,27H,4-5,8,14,17-18H2,1-3H3,(H,30,31). The topological polar surface area (TPSA) is 76.0 Å². The Kier molecular flexibility index (Phi) is 7.44. The Morgan fingerprint density at radius 2 is 2.00 bits per heavy atom. The second-order valence-electron chi connectivity index (χ2n) is 9.23. The van der Waals surface area contributed by atoms with Crippen molar-refractivity contribution in [2.75, 3.05) is 18.0 Å². The van der Waals surface area contributed by atoms with Gasteiger partial charge in [0.05, 0.1) is 36.2 Å². The second-order valence-corrected chi connectivity index (χ2v) is 9.23. The number of aromatic nitrogens is 2. The predicted octanol–water partition coefficient (Wildman–Crippen LogP) is 5.09. The van der Waals surface area contributed by atoms with Gasteiger partial charge in [-0.15, -0.1) is 0 Å². The fraction of sp³-hybridized carbons (Fsp3) is 0.393. The van der Waals surface area contributed by atoms with Crippen LogP contribution in [0.3, 0.4) is 0 Å². The normalized spacial score (nSPS) is 17.5. The summed E-state index contributed by atoms with van der Waals surface area (Å²) in [5, 5.41) is 9.15. The molecule has 1 N–H and O–H groups in total. The molecule has 2 atom stereocenters. The average Bonchev–Trinajstić information content (AvgIpc) is 3.39. The van der Waals surface area contributed by atoms with Gasteiger partial charge in [0.2, 0.25) is 5.91 Å². The van der Waals surface area contributed by atoms with E-state index >= 15 is 0 Å². The number of benzene rings is 2. The molecule has 6 nitrogen and oxygen atoms in total. The van der Waals surface area contributed by atoms with Crippen molar-refractivity contribution < 1.29 is 4.79 Å². The molecule has 1 saturated heterocycles. The third-order valence-electron chi connectivity index (χ3n) is 7.03.